The van der Waals surface area contributed by atoms with E-state index in [9.17, 15) is 28.5 Å². The molecule has 1 aliphatic rings. The lowest BCUT2D eigenvalue weighted by Crippen LogP contribution is -2.43. The Kier molecular flexibility index (Phi) is 5.39. The molecule has 1 aromatic carbocycles. The highest BCUT2D eigenvalue weighted by Gasteiger charge is 2.48. The van der Waals surface area contributed by atoms with Crippen molar-refractivity contribution in [2.75, 3.05) is 14.2 Å². The fourth-order valence-corrected chi connectivity index (χ4v) is 3.12. The third-order valence-corrected chi connectivity index (χ3v) is 4.43. The lowest BCUT2D eigenvalue weighted by molar-refractivity contribution is -0.385. The Labute approximate surface area is 167 Å². The van der Waals surface area contributed by atoms with Crippen LogP contribution in [0.2, 0.25) is 0 Å². The van der Waals surface area contributed by atoms with Crippen LogP contribution in [0, 0.1) is 10.1 Å². The van der Waals surface area contributed by atoms with Gasteiger partial charge in [0.2, 0.25) is 5.75 Å². The number of aromatic nitrogens is 3. The number of hydrogen-bond acceptors (Lipinski definition) is 8. The summed E-state index contributed by atoms with van der Waals surface area (Å²) in [5.74, 6) is -0.189. The van der Waals surface area contributed by atoms with Gasteiger partial charge < -0.3 is 14.0 Å². The average Bonchev–Trinajstić information content (AvgIpc) is 3.06. The van der Waals surface area contributed by atoms with Crippen LogP contribution in [-0.2, 0) is 7.05 Å². The minimum Gasteiger partial charge on any atom is -0.493 e. The van der Waals surface area contributed by atoms with Crippen LogP contribution >= 0.6 is 0 Å². The molecule has 1 atom stereocenters. The van der Waals surface area contributed by atoms with Crippen molar-refractivity contribution < 1.29 is 32.8 Å². The van der Waals surface area contributed by atoms with Gasteiger partial charge in [0.1, 0.15) is 0 Å². The maximum atomic E-state index is 13.5. The molecular formula is C17H16F3N5O5. The summed E-state index contributed by atoms with van der Waals surface area (Å²) in [4.78, 5) is 10.7. The van der Waals surface area contributed by atoms with Crippen LogP contribution in [0.5, 0.6) is 11.5 Å². The van der Waals surface area contributed by atoms with Crippen LogP contribution in [0.25, 0.3) is 17.0 Å². The molecule has 0 saturated heterocycles. The number of nitro benzene ring substituents is 1. The number of benzene rings is 1. The van der Waals surface area contributed by atoms with Gasteiger partial charge in [0.05, 0.1) is 19.1 Å². The lowest BCUT2D eigenvalue weighted by Gasteiger charge is -2.30. The molecule has 30 heavy (non-hydrogen) atoms. The van der Waals surface area contributed by atoms with Crippen molar-refractivity contribution in [3.63, 3.8) is 0 Å². The molecular weight excluding hydrogens is 411 g/mol. The number of halogens is 3. The number of methoxy groups -OCH3 is 2. The van der Waals surface area contributed by atoms with E-state index in [2.05, 4.69) is 10.2 Å². The van der Waals surface area contributed by atoms with Crippen molar-refractivity contribution in [2.45, 2.75) is 12.2 Å². The molecule has 0 radical (unpaired) electrons. The van der Waals surface area contributed by atoms with Crippen LogP contribution in [0.1, 0.15) is 5.82 Å². The van der Waals surface area contributed by atoms with Crippen LogP contribution in [0.4, 0.5) is 18.9 Å². The Bertz CT molecular complexity index is 1050. The smallest absolute Gasteiger partial charge is 0.415 e. The Hall–Kier alpha value is -3.61. The summed E-state index contributed by atoms with van der Waals surface area (Å²) < 4.78 is 51.8. The molecule has 1 aliphatic heterocycles. The Morgan fingerprint density at radius 1 is 1.20 bits per heavy atom. The third-order valence-electron chi connectivity index (χ3n) is 4.43. The van der Waals surface area contributed by atoms with Gasteiger partial charge in [-0.1, -0.05) is 6.08 Å². The number of alkyl halides is 3. The Morgan fingerprint density at radius 2 is 1.87 bits per heavy atom. The normalized spacial score (nSPS) is 16.4. The van der Waals surface area contributed by atoms with E-state index >= 15 is 0 Å². The number of nitrogens with zero attached hydrogens (tertiary/aromatic N) is 5. The minimum absolute atomic E-state index is 0.0327. The molecule has 10 nitrogen and oxygen atoms in total. The largest absolute Gasteiger partial charge is 0.493 e. The molecule has 0 bridgehead atoms. The fourth-order valence-electron chi connectivity index (χ4n) is 3.12. The molecule has 3 rings (SSSR count). The molecule has 13 heteroatoms. The minimum atomic E-state index is -4.79. The van der Waals surface area contributed by atoms with Crippen LogP contribution in [0.3, 0.4) is 0 Å². The first kappa shape index (κ1) is 21.1. The van der Waals surface area contributed by atoms with E-state index in [1.807, 2.05) is 0 Å². The summed E-state index contributed by atoms with van der Waals surface area (Å²) in [6, 6.07) is 0.205. The highest BCUT2D eigenvalue weighted by atomic mass is 19.4. The molecule has 160 valence electrons. The zero-order valence-corrected chi connectivity index (χ0v) is 15.9. The standard InChI is InChI=1S/C17H16F3N5O5/c1-23-15(9-7-11(25(27)28)13(30-3)12(8-9)29-2)21-22-16(23)10-5-4-6-24(26)14(10)17(18,19)20/h4-8,14,26H,1-3H3. The number of allylic oxidation sites excluding steroid dienone is 2. The first-order chi connectivity index (χ1) is 14.1. The number of hydroxylamine groups is 2. The summed E-state index contributed by atoms with van der Waals surface area (Å²) in [7, 11) is 3.93. The molecule has 0 saturated carbocycles. The van der Waals surface area contributed by atoms with Gasteiger partial charge in [-0.3, -0.25) is 15.3 Å². The summed E-state index contributed by atoms with van der Waals surface area (Å²) in [6.45, 7) is 0. The first-order valence-electron chi connectivity index (χ1n) is 8.33. The van der Waals surface area contributed by atoms with E-state index in [1.165, 1.54) is 38.0 Å². The molecule has 0 fully saturated rings. The van der Waals surface area contributed by atoms with Gasteiger partial charge in [-0.25, -0.2) is 5.06 Å². The molecule has 2 heterocycles. The van der Waals surface area contributed by atoms with Gasteiger partial charge in [-0.15, -0.1) is 10.2 Å². The van der Waals surface area contributed by atoms with Crippen molar-refractivity contribution in [3.05, 3.63) is 46.4 Å². The number of rotatable bonds is 5. The zero-order chi connectivity index (χ0) is 22.2. The Morgan fingerprint density at radius 3 is 2.43 bits per heavy atom. The fraction of sp³-hybridized carbons (Fsp3) is 0.294. The SMILES string of the molecule is COc1cc(-c2nnc(C3=CC=CN(O)C3C(F)(F)F)n2C)cc([N+](=O)[O-])c1OC. The quantitative estimate of drug-likeness (QED) is 0.572. The third kappa shape index (κ3) is 3.54. The van der Waals surface area contributed by atoms with E-state index in [-0.39, 0.29) is 39.3 Å². The predicted octanol–water partition coefficient (Wildman–Crippen LogP) is 2.94. The van der Waals surface area contributed by atoms with Crippen LogP contribution < -0.4 is 9.47 Å². The second kappa shape index (κ2) is 7.67. The monoisotopic (exact) mass is 427 g/mol. The van der Waals surface area contributed by atoms with Crippen molar-refractivity contribution in [3.8, 4) is 22.9 Å². The zero-order valence-electron chi connectivity index (χ0n) is 15.9. The lowest BCUT2D eigenvalue weighted by atomic mass is 10.0. The topological polar surface area (TPSA) is 116 Å². The number of nitro groups is 1. The van der Waals surface area contributed by atoms with E-state index in [0.29, 0.717) is 0 Å². The molecule has 0 aliphatic carbocycles. The van der Waals surface area contributed by atoms with Crippen molar-refractivity contribution in [2.24, 2.45) is 7.05 Å². The van der Waals surface area contributed by atoms with Gasteiger partial charge >= 0.3 is 11.9 Å². The van der Waals surface area contributed by atoms with E-state index in [1.54, 1.807) is 0 Å². The van der Waals surface area contributed by atoms with Crippen molar-refractivity contribution in [1.82, 2.24) is 19.8 Å². The molecule has 2 aromatic rings. The second-order valence-corrected chi connectivity index (χ2v) is 6.18. The highest BCUT2D eigenvalue weighted by Crippen LogP contribution is 2.41. The maximum absolute atomic E-state index is 13.5. The van der Waals surface area contributed by atoms with Crippen LogP contribution in [-0.4, -0.2) is 56.4 Å². The average molecular weight is 427 g/mol. The predicted molar refractivity (Wildman–Crippen MR) is 96.8 cm³/mol. The molecule has 0 spiro atoms. The molecule has 0 amide bonds. The number of ether oxygens (including phenoxy) is 2. The van der Waals surface area contributed by atoms with Crippen LogP contribution in [0.15, 0.2) is 30.5 Å². The van der Waals surface area contributed by atoms with Gasteiger partial charge in [-0.05, 0) is 12.1 Å². The first-order valence-corrected chi connectivity index (χ1v) is 8.33. The van der Waals surface area contributed by atoms with Gasteiger partial charge in [0, 0.05) is 30.5 Å². The summed E-state index contributed by atoms with van der Waals surface area (Å²) >= 11 is 0. The maximum Gasteiger partial charge on any atom is 0.415 e. The van der Waals surface area contributed by atoms with E-state index in [4.69, 9.17) is 9.47 Å². The van der Waals surface area contributed by atoms with E-state index in [0.717, 1.165) is 18.3 Å². The summed E-state index contributed by atoms with van der Waals surface area (Å²) in [6.07, 6.45) is -1.53. The molecule has 1 aromatic heterocycles. The number of hydrogen-bond donors (Lipinski definition) is 1. The van der Waals surface area contributed by atoms with Crippen molar-refractivity contribution in [1.29, 1.82) is 0 Å². The summed E-state index contributed by atoms with van der Waals surface area (Å²) in [5, 5.41) is 28.9. The molecule has 1 unspecified atom stereocenters. The Balaban J connectivity index is 2.15. The highest BCUT2D eigenvalue weighted by molar-refractivity contribution is 5.73. The molecule has 1 N–H and O–H groups in total. The van der Waals surface area contributed by atoms with Gasteiger partial charge in [-0.2, -0.15) is 13.2 Å². The van der Waals surface area contributed by atoms with Gasteiger partial charge in [0.25, 0.3) is 0 Å². The second-order valence-electron chi connectivity index (χ2n) is 6.18. The summed E-state index contributed by atoms with van der Waals surface area (Å²) in [5.41, 5.74) is -0.577. The van der Waals surface area contributed by atoms with Crippen molar-refractivity contribution >= 4 is 11.3 Å². The van der Waals surface area contributed by atoms with Gasteiger partial charge in [0.15, 0.2) is 23.4 Å². The van der Waals surface area contributed by atoms with E-state index < -0.39 is 22.8 Å².